The fourth-order valence-corrected chi connectivity index (χ4v) is 4.50. The topological polar surface area (TPSA) is 99.8 Å². The normalized spacial score (nSPS) is 13.1. The highest BCUT2D eigenvalue weighted by Crippen LogP contribution is 2.29. The van der Waals surface area contributed by atoms with Gasteiger partial charge in [0.05, 0.1) is 5.70 Å². The van der Waals surface area contributed by atoms with Gasteiger partial charge in [0.1, 0.15) is 5.84 Å². The number of hydrogen-bond acceptors (Lipinski definition) is 4. The molecule has 2 rings (SSSR count). The molecular formula is C34H45N5O2. The molecule has 7 nitrogen and oxygen atoms in total. The van der Waals surface area contributed by atoms with Crippen molar-refractivity contribution in [1.82, 2.24) is 15.5 Å². The summed E-state index contributed by atoms with van der Waals surface area (Å²) in [4.78, 5) is 32.1. The largest absolute Gasteiger partial charge is 0.355 e. The molecule has 0 saturated carbocycles. The highest BCUT2D eigenvalue weighted by atomic mass is 16.2. The average Bonchev–Trinajstić information content (AvgIpc) is 2.99. The van der Waals surface area contributed by atoms with Gasteiger partial charge >= 0.3 is 6.03 Å². The van der Waals surface area contributed by atoms with Crippen molar-refractivity contribution in [2.45, 2.75) is 46.0 Å². The van der Waals surface area contributed by atoms with Gasteiger partial charge in [-0.1, -0.05) is 97.6 Å². The van der Waals surface area contributed by atoms with E-state index in [-0.39, 0.29) is 17.9 Å². The fourth-order valence-electron chi connectivity index (χ4n) is 4.50. The van der Waals surface area contributed by atoms with Crippen LogP contribution in [0.2, 0.25) is 0 Å². The lowest BCUT2D eigenvalue weighted by atomic mass is 9.87. The van der Waals surface area contributed by atoms with Crippen molar-refractivity contribution in [1.29, 1.82) is 0 Å². The third-order valence-corrected chi connectivity index (χ3v) is 6.47. The molecule has 0 aliphatic rings. The Labute approximate surface area is 245 Å². The van der Waals surface area contributed by atoms with E-state index in [2.05, 4.69) is 40.4 Å². The first-order valence-corrected chi connectivity index (χ1v) is 14.2. The van der Waals surface area contributed by atoms with Gasteiger partial charge in [-0.25, -0.2) is 9.79 Å². The van der Waals surface area contributed by atoms with Gasteiger partial charge in [-0.05, 0) is 50.3 Å². The second-order valence-electron chi connectivity index (χ2n) is 9.55. The Bertz CT molecular complexity index is 1220. The summed E-state index contributed by atoms with van der Waals surface area (Å²) in [5.74, 6) is 0.495. The highest BCUT2D eigenvalue weighted by Gasteiger charge is 2.20. The van der Waals surface area contributed by atoms with Crippen LogP contribution in [0.25, 0.3) is 5.70 Å². The molecule has 0 radical (unpaired) electrons. The highest BCUT2D eigenvalue weighted by molar-refractivity contribution is 5.98. The molecule has 218 valence electrons. The fraction of sp³-hybridized carbons (Fsp3) is 0.324. The van der Waals surface area contributed by atoms with E-state index >= 15 is 0 Å². The first-order chi connectivity index (χ1) is 19.9. The summed E-state index contributed by atoms with van der Waals surface area (Å²) in [5, 5.41) is 5.76. The molecule has 41 heavy (non-hydrogen) atoms. The molecule has 0 aliphatic heterocycles. The van der Waals surface area contributed by atoms with E-state index in [4.69, 9.17) is 5.73 Å². The van der Waals surface area contributed by atoms with Crippen LogP contribution >= 0.6 is 0 Å². The van der Waals surface area contributed by atoms with Gasteiger partial charge < -0.3 is 16.0 Å². The molecule has 1 atom stereocenters. The molecule has 0 spiro atoms. The smallest absolute Gasteiger partial charge is 0.322 e. The van der Waals surface area contributed by atoms with E-state index in [1.54, 1.807) is 17.9 Å². The summed E-state index contributed by atoms with van der Waals surface area (Å²) in [7, 11) is 0. The number of amides is 3. The van der Waals surface area contributed by atoms with Crippen LogP contribution in [0.3, 0.4) is 0 Å². The van der Waals surface area contributed by atoms with Crippen molar-refractivity contribution in [3.05, 3.63) is 114 Å². The van der Waals surface area contributed by atoms with Crippen molar-refractivity contribution in [3.63, 3.8) is 0 Å². The lowest BCUT2D eigenvalue weighted by Gasteiger charge is -2.27. The minimum atomic E-state index is -0.246. The van der Waals surface area contributed by atoms with Gasteiger partial charge in [-0.15, -0.1) is 0 Å². The maximum atomic E-state index is 13.5. The number of rotatable bonds is 15. The predicted molar refractivity (Wildman–Crippen MR) is 171 cm³/mol. The second-order valence-corrected chi connectivity index (χ2v) is 9.55. The molecule has 1 unspecified atom stereocenters. The Morgan fingerprint density at radius 2 is 1.73 bits per heavy atom. The molecule has 7 heteroatoms. The Hall–Kier alpha value is -4.23. The molecule has 0 saturated heterocycles. The Balaban J connectivity index is 2.25. The SMILES string of the molecule is C=C/C=C(\C=C/C)C(CCN(CCCC(=O)NCCN)C(=O)N/C(C)=N/C(=C\C)c1ccccc1)c1ccccc1. The molecule has 4 N–H and O–H groups in total. The number of carbonyl (C=O) groups is 2. The number of nitrogens with two attached hydrogens (primary N) is 1. The maximum absolute atomic E-state index is 13.5. The lowest BCUT2D eigenvalue weighted by Crippen LogP contribution is -2.43. The van der Waals surface area contributed by atoms with Crippen molar-refractivity contribution >= 4 is 23.5 Å². The van der Waals surface area contributed by atoms with Gasteiger partial charge in [-0.2, -0.15) is 0 Å². The number of nitrogens with zero attached hydrogens (tertiary/aromatic N) is 2. The van der Waals surface area contributed by atoms with Gasteiger partial charge in [0.15, 0.2) is 0 Å². The summed E-state index contributed by atoms with van der Waals surface area (Å²) < 4.78 is 0. The number of nitrogens with one attached hydrogen (secondary N) is 2. The van der Waals surface area contributed by atoms with Gasteiger partial charge in [0.2, 0.25) is 5.91 Å². The number of amidine groups is 1. The Morgan fingerprint density at radius 1 is 1.05 bits per heavy atom. The monoisotopic (exact) mass is 555 g/mol. The third kappa shape index (κ3) is 11.8. The van der Waals surface area contributed by atoms with Gasteiger partial charge in [0, 0.05) is 38.5 Å². The first kappa shape index (κ1) is 33.0. The van der Waals surface area contributed by atoms with Gasteiger partial charge in [0.25, 0.3) is 0 Å². The van der Waals surface area contributed by atoms with Crippen LogP contribution < -0.4 is 16.4 Å². The molecule has 0 bridgehead atoms. The van der Waals surface area contributed by atoms with Crippen LogP contribution in [0.5, 0.6) is 0 Å². The summed E-state index contributed by atoms with van der Waals surface area (Å²) >= 11 is 0. The summed E-state index contributed by atoms with van der Waals surface area (Å²) in [5.41, 5.74) is 9.53. The van der Waals surface area contributed by atoms with E-state index in [1.807, 2.05) is 80.6 Å². The minimum absolute atomic E-state index is 0.0658. The summed E-state index contributed by atoms with van der Waals surface area (Å²) in [6.45, 7) is 11.3. The standard InChI is InChI=1S/C34H45N5O2/c1-5-15-28(16-6-2)31(29-17-10-8-11-18-29)22-26-39(25-14-21-33(40)36-24-23-35)34(41)38-27(4)37-32(7-3)30-19-12-9-13-20-30/h5-13,15-20,31H,1,14,21-26,35H2,2-4H3,(H,36,40)(H,37,38,41)/b16-6-,28-15+,32-7-. The van der Waals surface area contributed by atoms with Crippen LogP contribution in [0.4, 0.5) is 4.79 Å². The van der Waals surface area contributed by atoms with E-state index in [0.717, 1.165) is 16.8 Å². The van der Waals surface area contributed by atoms with Crippen molar-refractivity contribution in [2.75, 3.05) is 26.2 Å². The number of aliphatic imine (C=N–C) groups is 1. The molecule has 0 aliphatic carbocycles. The summed E-state index contributed by atoms with van der Waals surface area (Å²) in [6, 6.07) is 19.9. The third-order valence-electron chi connectivity index (χ3n) is 6.47. The average molecular weight is 556 g/mol. The van der Waals surface area contributed by atoms with Gasteiger partial charge in [-0.3, -0.25) is 10.1 Å². The Kier molecular flexibility index (Phi) is 15.2. The predicted octanol–water partition coefficient (Wildman–Crippen LogP) is 6.19. The molecule has 2 aromatic carbocycles. The van der Waals surface area contributed by atoms with Crippen molar-refractivity contribution < 1.29 is 9.59 Å². The van der Waals surface area contributed by atoms with Crippen LogP contribution in [0.15, 0.2) is 108 Å². The van der Waals surface area contributed by atoms with E-state index in [0.29, 0.717) is 51.3 Å². The quantitative estimate of drug-likeness (QED) is 0.139. The zero-order valence-corrected chi connectivity index (χ0v) is 24.7. The molecule has 0 fully saturated rings. The van der Waals surface area contributed by atoms with Crippen molar-refractivity contribution in [2.24, 2.45) is 10.7 Å². The minimum Gasteiger partial charge on any atom is -0.355 e. The molecule has 2 aromatic rings. The van der Waals surface area contributed by atoms with E-state index in [9.17, 15) is 9.59 Å². The number of carbonyl (C=O) groups excluding carboxylic acids is 2. The van der Waals surface area contributed by atoms with E-state index in [1.165, 1.54) is 5.56 Å². The first-order valence-electron chi connectivity index (χ1n) is 14.2. The van der Waals surface area contributed by atoms with E-state index < -0.39 is 0 Å². The number of urea groups is 1. The van der Waals surface area contributed by atoms with Crippen LogP contribution in [-0.4, -0.2) is 48.9 Å². The van der Waals surface area contributed by atoms with Crippen LogP contribution in [0.1, 0.15) is 57.1 Å². The van der Waals surface area contributed by atoms with Crippen LogP contribution in [-0.2, 0) is 4.79 Å². The van der Waals surface area contributed by atoms with Crippen molar-refractivity contribution in [3.8, 4) is 0 Å². The Morgan fingerprint density at radius 3 is 2.34 bits per heavy atom. The lowest BCUT2D eigenvalue weighted by molar-refractivity contribution is -0.121. The maximum Gasteiger partial charge on any atom is 0.322 e. The molecule has 0 aromatic heterocycles. The zero-order valence-electron chi connectivity index (χ0n) is 24.7. The second kappa shape index (κ2) is 19.0. The number of hydrogen-bond donors (Lipinski definition) is 3. The zero-order chi connectivity index (χ0) is 29.9. The van der Waals surface area contributed by atoms with Crippen LogP contribution in [0, 0.1) is 0 Å². The number of allylic oxidation sites excluding steroid dienone is 6. The number of benzene rings is 2. The molecule has 0 heterocycles. The summed E-state index contributed by atoms with van der Waals surface area (Å²) in [6.07, 6.45) is 11.4. The molecular weight excluding hydrogens is 510 g/mol. The molecule has 3 amide bonds.